The lowest BCUT2D eigenvalue weighted by Gasteiger charge is -2.15. The molecule has 1 amide bonds. The molecule has 2 N–H and O–H groups in total. The van der Waals surface area contributed by atoms with Crippen LogP contribution in [0, 0.1) is 13.8 Å². The quantitative estimate of drug-likeness (QED) is 0.901. The second kappa shape index (κ2) is 5.31. The summed E-state index contributed by atoms with van der Waals surface area (Å²) in [6, 6.07) is 2.39. The van der Waals surface area contributed by atoms with E-state index in [1.807, 2.05) is 0 Å². The predicted molar refractivity (Wildman–Crippen MR) is 68.8 cm³/mol. The molecule has 20 heavy (non-hydrogen) atoms. The Morgan fingerprint density at radius 3 is 2.20 bits per heavy atom. The number of nitrogens with one attached hydrogen (secondary N) is 2. The summed E-state index contributed by atoms with van der Waals surface area (Å²) in [6.45, 7) is 4.48. The summed E-state index contributed by atoms with van der Waals surface area (Å²) < 4.78 is 60.4. The molecule has 0 heterocycles. The third-order valence-corrected chi connectivity index (χ3v) is 3.65. The number of carbonyl (C=O) groups is 1. The maximum Gasteiger partial charge on any atom is 0.516 e. The molecule has 0 atom stereocenters. The van der Waals surface area contributed by atoms with Gasteiger partial charge in [0.25, 0.3) is 0 Å². The minimum absolute atomic E-state index is 0.248. The second-order valence-electron chi connectivity index (χ2n) is 4.20. The molecule has 0 aromatic heterocycles. The number of rotatable bonds is 3. The molecule has 0 aliphatic rings. The number of hydrogen-bond acceptors (Lipinski definition) is 3. The topological polar surface area (TPSA) is 75.3 Å². The van der Waals surface area contributed by atoms with E-state index in [0.29, 0.717) is 11.1 Å². The van der Waals surface area contributed by atoms with E-state index in [4.69, 9.17) is 0 Å². The van der Waals surface area contributed by atoms with E-state index in [1.165, 1.54) is 17.7 Å². The van der Waals surface area contributed by atoms with Gasteiger partial charge >= 0.3 is 15.5 Å². The lowest BCUT2D eigenvalue weighted by atomic mass is 10.1. The summed E-state index contributed by atoms with van der Waals surface area (Å²) >= 11 is 0. The van der Waals surface area contributed by atoms with Gasteiger partial charge < -0.3 is 5.32 Å². The third-order valence-electron chi connectivity index (χ3n) is 2.53. The average Bonchev–Trinajstić information content (AvgIpc) is 2.22. The molecular weight excluding hydrogens is 297 g/mol. The summed E-state index contributed by atoms with van der Waals surface area (Å²) in [7, 11) is -5.49. The van der Waals surface area contributed by atoms with Crippen LogP contribution in [0.4, 0.5) is 24.5 Å². The van der Waals surface area contributed by atoms with Gasteiger partial charge in [-0.25, -0.2) is 0 Å². The van der Waals surface area contributed by atoms with E-state index >= 15 is 0 Å². The number of amides is 1. The van der Waals surface area contributed by atoms with Crippen LogP contribution in [0.2, 0.25) is 0 Å². The summed E-state index contributed by atoms with van der Waals surface area (Å²) in [5, 5.41) is 2.42. The SMILES string of the molecule is CC(=O)Nc1cc(NS(=O)(=O)C(F)(F)F)cc(C)c1C. The van der Waals surface area contributed by atoms with E-state index in [1.54, 1.807) is 13.8 Å². The molecule has 0 aliphatic heterocycles. The normalized spacial score (nSPS) is 12.1. The van der Waals surface area contributed by atoms with Crippen molar-refractivity contribution in [2.45, 2.75) is 26.3 Å². The summed E-state index contributed by atoms with van der Waals surface area (Å²) in [6.07, 6.45) is 0. The van der Waals surface area contributed by atoms with Crippen molar-refractivity contribution in [3.63, 3.8) is 0 Å². The first kappa shape index (κ1) is 16.3. The van der Waals surface area contributed by atoms with Gasteiger partial charge in [-0.2, -0.15) is 21.6 Å². The van der Waals surface area contributed by atoms with Gasteiger partial charge in [-0.3, -0.25) is 9.52 Å². The van der Waals surface area contributed by atoms with Crippen LogP contribution in [0.1, 0.15) is 18.1 Å². The maximum absolute atomic E-state index is 12.3. The first-order valence-corrected chi connectivity index (χ1v) is 6.90. The number of anilines is 2. The van der Waals surface area contributed by atoms with Gasteiger partial charge in [0.05, 0.1) is 5.69 Å². The molecule has 0 saturated carbocycles. The highest BCUT2D eigenvalue weighted by Gasteiger charge is 2.46. The van der Waals surface area contributed by atoms with Crippen molar-refractivity contribution in [3.8, 4) is 0 Å². The Balaban J connectivity index is 3.22. The number of carbonyl (C=O) groups excluding carboxylic acids is 1. The number of halogens is 3. The molecule has 112 valence electrons. The van der Waals surface area contributed by atoms with Crippen molar-refractivity contribution < 1.29 is 26.4 Å². The molecule has 0 saturated heterocycles. The Labute approximate surface area is 114 Å². The summed E-state index contributed by atoms with van der Waals surface area (Å²) in [4.78, 5) is 11.0. The first-order valence-electron chi connectivity index (χ1n) is 5.42. The second-order valence-corrected chi connectivity index (χ2v) is 5.87. The van der Waals surface area contributed by atoms with E-state index in [2.05, 4.69) is 5.32 Å². The van der Waals surface area contributed by atoms with Crippen LogP contribution in [0.15, 0.2) is 12.1 Å². The molecule has 9 heteroatoms. The van der Waals surface area contributed by atoms with Crippen molar-refractivity contribution >= 4 is 27.3 Å². The molecule has 0 spiro atoms. The molecule has 5 nitrogen and oxygen atoms in total. The van der Waals surface area contributed by atoms with Gasteiger partial charge in [-0.15, -0.1) is 0 Å². The van der Waals surface area contributed by atoms with E-state index in [9.17, 15) is 26.4 Å². The lowest BCUT2D eigenvalue weighted by Crippen LogP contribution is -2.30. The highest BCUT2D eigenvalue weighted by Crippen LogP contribution is 2.29. The van der Waals surface area contributed by atoms with Gasteiger partial charge in [-0.05, 0) is 37.1 Å². The molecule has 0 bridgehead atoms. The third kappa shape index (κ3) is 3.62. The molecule has 0 radical (unpaired) electrons. The molecule has 1 aromatic carbocycles. The largest absolute Gasteiger partial charge is 0.516 e. The minimum Gasteiger partial charge on any atom is -0.326 e. The number of sulfonamides is 1. The van der Waals surface area contributed by atoms with Crippen molar-refractivity contribution in [2.75, 3.05) is 10.0 Å². The Hall–Kier alpha value is -1.77. The highest BCUT2D eigenvalue weighted by molar-refractivity contribution is 7.93. The van der Waals surface area contributed by atoms with Crippen LogP contribution in [0.25, 0.3) is 0 Å². The van der Waals surface area contributed by atoms with Gasteiger partial charge in [0.15, 0.2) is 0 Å². The molecule has 0 aliphatic carbocycles. The predicted octanol–water partition coefficient (Wildman–Crippen LogP) is 2.52. The van der Waals surface area contributed by atoms with Gasteiger partial charge in [0.1, 0.15) is 0 Å². The fraction of sp³-hybridized carbons (Fsp3) is 0.364. The monoisotopic (exact) mass is 310 g/mol. The first-order chi connectivity index (χ1) is 8.94. The fourth-order valence-electron chi connectivity index (χ4n) is 1.45. The van der Waals surface area contributed by atoms with Gasteiger partial charge in [0, 0.05) is 12.6 Å². The van der Waals surface area contributed by atoms with Gasteiger partial charge in [-0.1, -0.05) is 0 Å². The van der Waals surface area contributed by atoms with Crippen molar-refractivity contribution in [3.05, 3.63) is 23.3 Å². The van der Waals surface area contributed by atoms with E-state index in [-0.39, 0.29) is 11.4 Å². The Morgan fingerprint density at radius 2 is 1.75 bits per heavy atom. The molecule has 1 aromatic rings. The van der Waals surface area contributed by atoms with Crippen molar-refractivity contribution in [1.82, 2.24) is 0 Å². The zero-order valence-electron chi connectivity index (χ0n) is 10.9. The zero-order chi connectivity index (χ0) is 15.7. The summed E-state index contributed by atoms with van der Waals surface area (Å²) in [5.41, 5.74) is -4.25. The maximum atomic E-state index is 12.3. The van der Waals surface area contributed by atoms with Gasteiger partial charge in [0.2, 0.25) is 5.91 Å². The van der Waals surface area contributed by atoms with Crippen LogP contribution in [0.3, 0.4) is 0 Å². The lowest BCUT2D eigenvalue weighted by molar-refractivity contribution is -0.114. The number of aryl methyl sites for hydroxylation is 1. The van der Waals surface area contributed by atoms with Crippen LogP contribution >= 0.6 is 0 Å². The Bertz CT molecular complexity index is 639. The molecule has 0 fully saturated rings. The van der Waals surface area contributed by atoms with Crippen molar-refractivity contribution in [2.24, 2.45) is 0 Å². The van der Waals surface area contributed by atoms with E-state index in [0.717, 1.165) is 6.07 Å². The Kier molecular flexibility index (Phi) is 4.33. The van der Waals surface area contributed by atoms with Crippen LogP contribution in [-0.4, -0.2) is 19.8 Å². The smallest absolute Gasteiger partial charge is 0.326 e. The number of alkyl halides is 3. The average molecular weight is 310 g/mol. The number of hydrogen-bond donors (Lipinski definition) is 2. The zero-order valence-corrected chi connectivity index (χ0v) is 11.7. The molecular formula is C11H13F3N2O3S. The van der Waals surface area contributed by atoms with Crippen molar-refractivity contribution in [1.29, 1.82) is 0 Å². The van der Waals surface area contributed by atoms with E-state index < -0.39 is 21.4 Å². The van der Waals surface area contributed by atoms with Crippen LogP contribution in [-0.2, 0) is 14.8 Å². The van der Waals surface area contributed by atoms with Crippen LogP contribution < -0.4 is 10.0 Å². The highest BCUT2D eigenvalue weighted by atomic mass is 32.2. The standard InChI is InChI=1S/C11H13F3N2O3S/c1-6-4-9(16-20(18,19)11(12,13)14)5-10(7(6)2)15-8(3)17/h4-5,16H,1-3H3,(H,15,17). The molecule has 0 unspecified atom stereocenters. The van der Waals surface area contributed by atoms with Crippen LogP contribution in [0.5, 0.6) is 0 Å². The number of benzene rings is 1. The summed E-state index contributed by atoms with van der Waals surface area (Å²) in [5.74, 6) is -0.414. The fourth-order valence-corrected chi connectivity index (χ4v) is 1.99. The Morgan fingerprint density at radius 1 is 1.20 bits per heavy atom. The minimum atomic E-state index is -5.49. The molecule has 1 rings (SSSR count).